The molecule has 2 N–H and O–H groups in total. The van der Waals surface area contributed by atoms with Gasteiger partial charge in [0.25, 0.3) is 5.91 Å². The maximum atomic E-state index is 12.4. The Bertz CT molecular complexity index is 809. The Hall–Kier alpha value is -3.09. The second-order valence-corrected chi connectivity index (χ2v) is 6.48. The molecule has 0 radical (unpaired) electrons. The summed E-state index contributed by atoms with van der Waals surface area (Å²) in [4.78, 5) is 28.2. The number of carbonyl (C=O) groups excluding carboxylic acids is 1. The van der Waals surface area contributed by atoms with Gasteiger partial charge in [-0.05, 0) is 37.5 Å². The predicted octanol–water partition coefficient (Wildman–Crippen LogP) is 2.94. The van der Waals surface area contributed by atoms with Crippen LogP contribution in [0.2, 0.25) is 0 Å². The highest BCUT2D eigenvalue weighted by molar-refractivity contribution is 5.94. The smallest absolute Gasteiger partial charge is 0.308 e. The van der Waals surface area contributed by atoms with Crippen LogP contribution < -0.4 is 14.8 Å². The molecular formula is C21H26N2O5. The van der Waals surface area contributed by atoms with Gasteiger partial charge in [0, 0.05) is 24.4 Å². The van der Waals surface area contributed by atoms with Crippen molar-refractivity contribution < 1.29 is 24.2 Å². The third-order valence-corrected chi connectivity index (χ3v) is 4.41. The maximum absolute atomic E-state index is 12.4. The molecule has 0 saturated carbocycles. The van der Waals surface area contributed by atoms with E-state index in [1.54, 1.807) is 25.3 Å². The number of methoxy groups -OCH3 is 1. The molecular weight excluding hydrogens is 360 g/mol. The number of benzene rings is 1. The van der Waals surface area contributed by atoms with Crippen molar-refractivity contribution in [3.63, 3.8) is 0 Å². The summed E-state index contributed by atoms with van der Waals surface area (Å²) in [6.45, 7) is 3.91. The molecule has 1 heterocycles. The first-order valence-corrected chi connectivity index (χ1v) is 9.20. The second-order valence-electron chi connectivity index (χ2n) is 6.48. The van der Waals surface area contributed by atoms with Gasteiger partial charge in [0.15, 0.2) is 0 Å². The monoisotopic (exact) mass is 386 g/mol. The minimum absolute atomic E-state index is 0.00388. The van der Waals surface area contributed by atoms with Gasteiger partial charge in [-0.3, -0.25) is 9.59 Å². The van der Waals surface area contributed by atoms with Gasteiger partial charge in [0.2, 0.25) is 5.88 Å². The zero-order valence-electron chi connectivity index (χ0n) is 16.3. The number of hydrogen-bond acceptors (Lipinski definition) is 5. The fraction of sp³-hybridized carbons (Fsp3) is 0.381. The number of nitrogens with one attached hydrogen (secondary N) is 1. The van der Waals surface area contributed by atoms with E-state index >= 15 is 0 Å². The van der Waals surface area contributed by atoms with E-state index in [9.17, 15) is 14.7 Å². The topological polar surface area (TPSA) is 97.8 Å². The Morgan fingerprint density at radius 1 is 1.25 bits per heavy atom. The number of carboxylic acid groups (broad SMARTS) is 1. The summed E-state index contributed by atoms with van der Waals surface area (Å²) in [6.07, 6.45) is 2.55. The highest BCUT2D eigenvalue weighted by atomic mass is 16.5. The molecule has 0 saturated heterocycles. The molecule has 28 heavy (non-hydrogen) atoms. The summed E-state index contributed by atoms with van der Waals surface area (Å²) in [5.41, 5.74) is 1.15. The molecule has 0 bridgehead atoms. The van der Waals surface area contributed by atoms with E-state index in [4.69, 9.17) is 9.47 Å². The quantitative estimate of drug-likeness (QED) is 0.652. The van der Waals surface area contributed by atoms with Gasteiger partial charge in [-0.1, -0.05) is 25.1 Å². The molecule has 0 fully saturated rings. The number of aromatic nitrogens is 1. The normalized spacial score (nSPS) is 12.7. The summed E-state index contributed by atoms with van der Waals surface area (Å²) in [7, 11) is 1.54. The zero-order chi connectivity index (χ0) is 20.5. The van der Waals surface area contributed by atoms with Crippen LogP contribution in [-0.2, 0) is 11.2 Å². The van der Waals surface area contributed by atoms with Crippen LogP contribution in [0.25, 0.3) is 0 Å². The highest BCUT2D eigenvalue weighted by Crippen LogP contribution is 2.21. The Labute approximate surface area is 164 Å². The number of pyridine rings is 1. The summed E-state index contributed by atoms with van der Waals surface area (Å²) in [5.74, 6) is -1.14. The second kappa shape index (κ2) is 10.3. The molecule has 2 aromatic rings. The van der Waals surface area contributed by atoms with Gasteiger partial charge >= 0.3 is 5.97 Å². The van der Waals surface area contributed by atoms with Crippen LogP contribution in [0.15, 0.2) is 42.6 Å². The van der Waals surface area contributed by atoms with Gasteiger partial charge < -0.3 is 19.9 Å². The number of rotatable bonds is 10. The zero-order valence-corrected chi connectivity index (χ0v) is 16.3. The molecule has 7 heteroatoms. The minimum atomic E-state index is -0.985. The van der Waals surface area contributed by atoms with Gasteiger partial charge in [-0.2, -0.15) is 0 Å². The number of carbonyl (C=O) groups is 2. The average molecular weight is 386 g/mol. The number of amides is 1. The first kappa shape index (κ1) is 21.2. The number of hydrogen-bond donors (Lipinski definition) is 2. The SMILES string of the molecule is CCC(C)Oc1cc(C(=O)NCC(Cc2ccccc2OC)C(=O)O)ccn1. The van der Waals surface area contributed by atoms with Crippen LogP contribution >= 0.6 is 0 Å². The third kappa shape index (κ3) is 5.97. The number of carboxylic acids is 1. The van der Waals surface area contributed by atoms with Crippen LogP contribution in [-0.4, -0.2) is 41.7 Å². The lowest BCUT2D eigenvalue weighted by molar-refractivity contribution is -0.141. The van der Waals surface area contributed by atoms with Crippen molar-refractivity contribution in [2.24, 2.45) is 5.92 Å². The van der Waals surface area contributed by atoms with E-state index in [0.717, 1.165) is 12.0 Å². The van der Waals surface area contributed by atoms with Crippen molar-refractivity contribution in [1.29, 1.82) is 0 Å². The Morgan fingerprint density at radius 2 is 2.00 bits per heavy atom. The van der Waals surface area contributed by atoms with Crippen molar-refractivity contribution in [2.75, 3.05) is 13.7 Å². The van der Waals surface area contributed by atoms with Crippen molar-refractivity contribution in [3.8, 4) is 11.6 Å². The number of ether oxygens (including phenoxy) is 2. The highest BCUT2D eigenvalue weighted by Gasteiger charge is 2.21. The van der Waals surface area contributed by atoms with Crippen molar-refractivity contribution in [1.82, 2.24) is 10.3 Å². The van der Waals surface area contributed by atoms with Crippen molar-refractivity contribution in [3.05, 3.63) is 53.7 Å². The standard InChI is InChI=1S/C21H26N2O5/c1-4-14(2)28-19-12-16(9-10-22-19)20(24)23-13-17(21(25)26)11-15-7-5-6-8-18(15)27-3/h5-10,12,14,17H,4,11,13H2,1-3H3,(H,23,24)(H,25,26). The van der Waals surface area contributed by atoms with Gasteiger partial charge in [-0.25, -0.2) is 4.98 Å². The van der Waals surface area contributed by atoms with Gasteiger partial charge in [-0.15, -0.1) is 0 Å². The van der Waals surface area contributed by atoms with Crippen LogP contribution in [0.3, 0.4) is 0 Å². The molecule has 150 valence electrons. The van der Waals surface area contributed by atoms with E-state index < -0.39 is 11.9 Å². The third-order valence-electron chi connectivity index (χ3n) is 4.41. The van der Waals surface area contributed by atoms with E-state index in [1.807, 2.05) is 32.0 Å². The molecule has 0 aliphatic rings. The van der Waals surface area contributed by atoms with E-state index in [2.05, 4.69) is 10.3 Å². The first-order valence-electron chi connectivity index (χ1n) is 9.20. The number of nitrogens with zero attached hydrogens (tertiary/aromatic N) is 1. The van der Waals surface area contributed by atoms with Crippen LogP contribution in [0.1, 0.15) is 36.2 Å². The number of para-hydroxylation sites is 1. The number of aliphatic carboxylic acids is 1. The Balaban J connectivity index is 2.02. The van der Waals surface area contributed by atoms with Crippen molar-refractivity contribution >= 4 is 11.9 Å². The van der Waals surface area contributed by atoms with Crippen molar-refractivity contribution in [2.45, 2.75) is 32.8 Å². The lowest BCUT2D eigenvalue weighted by Crippen LogP contribution is -2.34. The first-order chi connectivity index (χ1) is 13.4. The largest absolute Gasteiger partial charge is 0.496 e. The van der Waals surface area contributed by atoms with E-state index in [-0.39, 0.29) is 25.0 Å². The molecule has 2 atom stereocenters. The van der Waals surface area contributed by atoms with Crippen LogP contribution in [0.4, 0.5) is 0 Å². The Morgan fingerprint density at radius 3 is 2.68 bits per heavy atom. The molecule has 2 rings (SSSR count). The molecule has 0 spiro atoms. The Kier molecular flexibility index (Phi) is 7.80. The summed E-state index contributed by atoms with van der Waals surface area (Å²) in [5, 5.41) is 12.2. The molecule has 2 unspecified atom stereocenters. The van der Waals surface area contributed by atoms with Crippen LogP contribution in [0, 0.1) is 5.92 Å². The molecule has 1 amide bonds. The molecule has 0 aliphatic heterocycles. The minimum Gasteiger partial charge on any atom is -0.496 e. The molecule has 7 nitrogen and oxygen atoms in total. The predicted molar refractivity (Wildman–Crippen MR) is 105 cm³/mol. The van der Waals surface area contributed by atoms with Gasteiger partial charge in [0.05, 0.1) is 19.1 Å². The fourth-order valence-electron chi connectivity index (χ4n) is 2.61. The average Bonchev–Trinajstić information content (AvgIpc) is 2.70. The molecule has 1 aromatic carbocycles. The van der Waals surface area contributed by atoms with Crippen LogP contribution in [0.5, 0.6) is 11.6 Å². The van der Waals surface area contributed by atoms with E-state index in [1.165, 1.54) is 6.20 Å². The summed E-state index contributed by atoms with van der Waals surface area (Å²) < 4.78 is 10.9. The lowest BCUT2D eigenvalue weighted by atomic mass is 9.98. The summed E-state index contributed by atoms with van der Waals surface area (Å²) in [6, 6.07) is 10.4. The maximum Gasteiger partial charge on any atom is 0.308 e. The van der Waals surface area contributed by atoms with E-state index in [0.29, 0.717) is 17.2 Å². The summed E-state index contributed by atoms with van der Waals surface area (Å²) >= 11 is 0. The molecule has 1 aromatic heterocycles. The lowest BCUT2D eigenvalue weighted by Gasteiger charge is -2.16. The molecule has 0 aliphatic carbocycles. The fourth-order valence-corrected chi connectivity index (χ4v) is 2.61. The van der Waals surface area contributed by atoms with Gasteiger partial charge in [0.1, 0.15) is 5.75 Å².